The van der Waals surface area contributed by atoms with Crippen LogP contribution in [0.25, 0.3) is 0 Å². The zero-order valence-electron chi connectivity index (χ0n) is 30.4. The van der Waals surface area contributed by atoms with Crippen molar-refractivity contribution in [3.8, 4) is 11.5 Å². The fourth-order valence-corrected chi connectivity index (χ4v) is 8.16. The van der Waals surface area contributed by atoms with Crippen molar-refractivity contribution in [3.05, 3.63) is 96.4 Å². The topological polar surface area (TPSA) is 119 Å². The Morgan fingerprint density at radius 2 is 1.87 bits per heavy atom. The number of allylic oxidation sites excluding steroid dienone is 1. The van der Waals surface area contributed by atoms with E-state index in [1.165, 1.54) is 18.1 Å². The van der Waals surface area contributed by atoms with Crippen molar-refractivity contribution in [2.45, 2.75) is 75.7 Å². The van der Waals surface area contributed by atoms with Gasteiger partial charge in [0.05, 0.1) is 24.8 Å². The van der Waals surface area contributed by atoms with Crippen LogP contribution in [0.2, 0.25) is 0 Å². The van der Waals surface area contributed by atoms with Crippen molar-refractivity contribution in [1.29, 1.82) is 0 Å². The summed E-state index contributed by atoms with van der Waals surface area (Å²) in [5, 5.41) is 24.0. The maximum atomic E-state index is 14.6. The van der Waals surface area contributed by atoms with Crippen molar-refractivity contribution >= 4 is 11.8 Å². The Balaban J connectivity index is 1.69. The van der Waals surface area contributed by atoms with Crippen molar-refractivity contribution in [1.82, 2.24) is 4.90 Å². The van der Waals surface area contributed by atoms with Crippen molar-refractivity contribution in [2.24, 2.45) is 22.9 Å². The van der Waals surface area contributed by atoms with Crippen molar-refractivity contribution in [3.63, 3.8) is 0 Å². The van der Waals surface area contributed by atoms with Gasteiger partial charge in [0.15, 0.2) is 0 Å². The first kappa shape index (κ1) is 39.0. The Morgan fingerprint density at radius 3 is 2.58 bits per heavy atom. The van der Waals surface area contributed by atoms with Gasteiger partial charge in [-0.05, 0) is 73.8 Å². The molecule has 6 unspecified atom stereocenters. The number of hydrogen-bond donors (Lipinski definition) is 2. The molecule has 1 saturated carbocycles. The van der Waals surface area contributed by atoms with Crippen LogP contribution in [0, 0.1) is 23.6 Å². The molecular formula is C41H53FN2O8. The fraction of sp³-hybridized carbons (Fsp3) is 0.512. The zero-order valence-corrected chi connectivity index (χ0v) is 30.4. The van der Waals surface area contributed by atoms with E-state index in [2.05, 4.69) is 24.4 Å². The molecule has 10 nitrogen and oxygen atoms in total. The van der Waals surface area contributed by atoms with Gasteiger partial charge in [-0.2, -0.15) is 0 Å². The number of aliphatic hydroxyl groups excluding tert-OH is 2. The van der Waals surface area contributed by atoms with Gasteiger partial charge in [0.25, 0.3) is 0 Å². The van der Waals surface area contributed by atoms with Gasteiger partial charge in [0.2, 0.25) is 5.79 Å². The second-order valence-electron chi connectivity index (χ2n) is 13.6. The molecule has 52 heavy (non-hydrogen) atoms. The summed E-state index contributed by atoms with van der Waals surface area (Å²) in [7, 11) is 3.19. The first-order valence-electron chi connectivity index (χ1n) is 18.3. The van der Waals surface area contributed by atoms with E-state index in [0.29, 0.717) is 42.0 Å². The number of ether oxygens (including phenoxy) is 4. The molecule has 1 amide bonds. The van der Waals surface area contributed by atoms with Crippen LogP contribution in [-0.2, 0) is 20.9 Å². The Morgan fingerprint density at radius 1 is 1.10 bits per heavy atom. The lowest BCUT2D eigenvalue weighted by Gasteiger charge is -2.59. The average Bonchev–Trinajstić information content (AvgIpc) is 3.15. The number of benzene rings is 2. The molecule has 0 spiro atoms. The molecule has 282 valence electrons. The Labute approximate surface area is 306 Å². The van der Waals surface area contributed by atoms with E-state index in [-0.39, 0.29) is 63.0 Å². The SMILES string of the molecule is C=CCCOC(=O)N(C)C1CC(=NOC)C2=CC(CCCCO)C(CCCCO)C3c4cc(OCc5ccccc5F)ccc4OC1(OCC=C)C23. The van der Waals surface area contributed by atoms with Gasteiger partial charge in [0.1, 0.15) is 37.1 Å². The Bertz CT molecular complexity index is 1600. The van der Waals surface area contributed by atoms with E-state index in [0.717, 1.165) is 36.8 Å². The quantitative estimate of drug-likeness (QED) is 0.0882. The summed E-state index contributed by atoms with van der Waals surface area (Å²) >= 11 is 0. The fourth-order valence-electron chi connectivity index (χ4n) is 8.16. The number of unbranched alkanes of at least 4 members (excludes halogenated alkanes) is 2. The molecule has 0 aromatic heterocycles. The van der Waals surface area contributed by atoms with E-state index in [1.54, 1.807) is 37.4 Å². The predicted octanol–water partition coefficient (Wildman–Crippen LogP) is 7.31. The molecule has 3 aliphatic rings. The van der Waals surface area contributed by atoms with Crippen LogP contribution in [0.3, 0.4) is 0 Å². The second-order valence-corrected chi connectivity index (χ2v) is 13.6. The minimum Gasteiger partial charge on any atom is -0.489 e. The summed E-state index contributed by atoms with van der Waals surface area (Å²) in [4.78, 5) is 20.6. The molecule has 0 saturated heterocycles. The highest BCUT2D eigenvalue weighted by molar-refractivity contribution is 6.02. The van der Waals surface area contributed by atoms with Crippen LogP contribution in [-0.4, -0.2) is 79.3 Å². The minimum atomic E-state index is -1.38. The smallest absolute Gasteiger partial charge is 0.409 e. The minimum absolute atomic E-state index is 0.0488. The van der Waals surface area contributed by atoms with Crippen molar-refractivity contribution in [2.75, 3.05) is 40.6 Å². The van der Waals surface area contributed by atoms with Gasteiger partial charge < -0.3 is 38.9 Å². The van der Waals surface area contributed by atoms with Gasteiger partial charge in [-0.15, -0.1) is 13.2 Å². The van der Waals surface area contributed by atoms with E-state index >= 15 is 0 Å². The highest BCUT2D eigenvalue weighted by atomic mass is 19.1. The van der Waals surface area contributed by atoms with E-state index in [1.807, 2.05) is 18.2 Å². The highest BCUT2D eigenvalue weighted by Crippen LogP contribution is 2.61. The Kier molecular flexibility index (Phi) is 13.9. The highest BCUT2D eigenvalue weighted by Gasteiger charge is 2.65. The van der Waals surface area contributed by atoms with Crippen LogP contribution in [0.1, 0.15) is 68.4 Å². The van der Waals surface area contributed by atoms with Crippen LogP contribution in [0.15, 0.2) is 84.6 Å². The number of amides is 1. The molecular weight excluding hydrogens is 667 g/mol. The summed E-state index contributed by atoms with van der Waals surface area (Å²) in [6.07, 6.45) is 10.5. The number of nitrogens with zero attached hydrogens (tertiary/aromatic N) is 2. The summed E-state index contributed by atoms with van der Waals surface area (Å²) in [5.74, 6) is -1.07. The second kappa shape index (κ2) is 18.5. The molecule has 2 aliphatic carbocycles. The third kappa shape index (κ3) is 8.37. The normalized spacial score (nSPS) is 25.2. The molecule has 2 aromatic rings. The zero-order chi connectivity index (χ0) is 37.1. The summed E-state index contributed by atoms with van der Waals surface area (Å²) in [5.41, 5.74) is 2.97. The van der Waals surface area contributed by atoms with Crippen LogP contribution in [0.5, 0.6) is 11.5 Å². The van der Waals surface area contributed by atoms with E-state index in [4.69, 9.17) is 23.8 Å². The van der Waals surface area contributed by atoms with Gasteiger partial charge in [-0.25, -0.2) is 9.18 Å². The number of fused-ring (bicyclic) bond motifs is 2. The lowest BCUT2D eigenvalue weighted by atomic mass is 9.55. The molecule has 0 bridgehead atoms. The Hall–Kier alpha value is -4.19. The lowest BCUT2D eigenvalue weighted by Crippen LogP contribution is -2.69. The molecule has 2 aromatic carbocycles. The molecule has 1 aliphatic heterocycles. The van der Waals surface area contributed by atoms with Crippen LogP contribution >= 0.6 is 0 Å². The number of aliphatic hydroxyl groups is 2. The number of carbonyl (C=O) groups is 1. The van der Waals surface area contributed by atoms with Crippen LogP contribution in [0.4, 0.5) is 9.18 Å². The third-order valence-corrected chi connectivity index (χ3v) is 10.5. The standard InChI is InChI=1S/C41H53FN2O8/c1-5-7-23-49-40(47)44(3)37-26-35(43-48-4)32-24-28(14-10-12-20-45)31(16-11-13-21-46)38-33-25-30(50-27-29-15-8-9-17-34(29)42)18-19-36(33)52-41(37,39(32)38)51-22-6-2/h5-6,8-9,15,17-19,24-25,28,31,37-39,45-46H,1-2,7,10-14,16,20-23,26-27H2,3-4H3. The van der Waals surface area contributed by atoms with E-state index < -0.39 is 23.8 Å². The third-order valence-electron chi connectivity index (χ3n) is 10.5. The van der Waals surface area contributed by atoms with E-state index in [9.17, 15) is 19.4 Å². The number of oxime groups is 1. The molecule has 1 heterocycles. The number of hydrogen-bond acceptors (Lipinski definition) is 9. The lowest BCUT2D eigenvalue weighted by molar-refractivity contribution is -0.253. The first-order chi connectivity index (χ1) is 25.3. The molecule has 5 rings (SSSR count). The van der Waals surface area contributed by atoms with Gasteiger partial charge in [0, 0.05) is 43.7 Å². The monoisotopic (exact) mass is 720 g/mol. The number of halogens is 1. The summed E-state index contributed by atoms with van der Waals surface area (Å²) in [6.45, 7) is 8.24. The van der Waals surface area contributed by atoms with Gasteiger partial charge in [-0.1, -0.05) is 54.4 Å². The summed E-state index contributed by atoms with van der Waals surface area (Å²) < 4.78 is 40.3. The molecule has 2 N–H and O–H groups in total. The molecule has 1 fully saturated rings. The van der Waals surface area contributed by atoms with Crippen molar-refractivity contribution < 1.29 is 43.2 Å². The molecule has 0 radical (unpaired) electrons. The van der Waals surface area contributed by atoms with Crippen LogP contribution < -0.4 is 9.47 Å². The maximum absolute atomic E-state index is 14.6. The first-order valence-corrected chi connectivity index (χ1v) is 18.3. The number of likely N-dealkylation sites (N-methyl/N-ethyl adjacent to an activating group) is 1. The molecule has 11 heteroatoms. The van der Waals surface area contributed by atoms with Gasteiger partial charge in [-0.3, -0.25) is 0 Å². The number of rotatable bonds is 19. The number of carbonyl (C=O) groups excluding carboxylic acids is 1. The summed E-state index contributed by atoms with van der Waals surface area (Å²) in [6, 6.07) is 11.5. The largest absolute Gasteiger partial charge is 0.489 e. The molecule has 6 atom stereocenters. The van der Waals surface area contributed by atoms with Gasteiger partial charge >= 0.3 is 6.09 Å². The average molecular weight is 721 g/mol. The maximum Gasteiger partial charge on any atom is 0.409 e. The predicted molar refractivity (Wildman–Crippen MR) is 197 cm³/mol.